The van der Waals surface area contributed by atoms with Gasteiger partial charge in [-0.1, -0.05) is 23.2 Å². The van der Waals surface area contributed by atoms with Crippen LogP contribution in [0.15, 0.2) is 16.9 Å². The summed E-state index contributed by atoms with van der Waals surface area (Å²) in [4.78, 5) is 20.0. The summed E-state index contributed by atoms with van der Waals surface area (Å²) in [5.74, 6) is 1.74. The highest BCUT2D eigenvalue weighted by molar-refractivity contribution is 6.42. The molecule has 1 atom stereocenters. The molecule has 4 rings (SSSR count). The van der Waals surface area contributed by atoms with Gasteiger partial charge in [-0.25, -0.2) is 4.98 Å². The van der Waals surface area contributed by atoms with Crippen molar-refractivity contribution in [3.8, 4) is 0 Å². The van der Waals surface area contributed by atoms with Gasteiger partial charge in [-0.2, -0.15) is 0 Å². The molecule has 2 aromatic rings. The molecule has 7 heteroatoms. The lowest BCUT2D eigenvalue weighted by atomic mass is 9.95. The van der Waals surface area contributed by atoms with E-state index in [4.69, 9.17) is 32.9 Å². The molecule has 1 aromatic heterocycles. The Balaban J connectivity index is 1.66. The quantitative estimate of drug-likeness (QED) is 0.819. The van der Waals surface area contributed by atoms with Crippen LogP contribution in [0.4, 0.5) is 0 Å². The molecule has 134 valence electrons. The van der Waals surface area contributed by atoms with Gasteiger partial charge in [-0.05, 0) is 31.5 Å². The number of halogens is 2. The number of rotatable bonds is 3. The highest BCUT2D eigenvalue weighted by atomic mass is 35.5. The third kappa shape index (κ3) is 3.31. The first kappa shape index (κ1) is 17.3. The van der Waals surface area contributed by atoms with Crippen LogP contribution >= 0.6 is 23.2 Å². The Kier molecular flexibility index (Phi) is 4.75. The average molecular weight is 382 g/mol. The number of hydrogen-bond acceptors (Lipinski definition) is 4. The lowest BCUT2D eigenvalue weighted by Crippen LogP contribution is -2.44. The van der Waals surface area contributed by atoms with Crippen LogP contribution in [0, 0.1) is 5.92 Å². The molecule has 2 aliphatic heterocycles. The SMILES string of the molecule is Cn1c([C@H]2CCCN(CC3COC3)C2)nc2cc(Cl)c(Cl)cc2c1=O. The van der Waals surface area contributed by atoms with Crippen molar-refractivity contribution in [2.75, 3.05) is 32.8 Å². The number of hydrogen-bond donors (Lipinski definition) is 0. The smallest absolute Gasteiger partial charge is 0.261 e. The largest absolute Gasteiger partial charge is 0.381 e. The normalized spacial score (nSPS) is 22.3. The van der Waals surface area contributed by atoms with Gasteiger partial charge in [0.2, 0.25) is 0 Å². The molecule has 0 amide bonds. The average Bonchev–Trinajstić information content (AvgIpc) is 2.57. The van der Waals surface area contributed by atoms with Crippen LogP contribution in [0.5, 0.6) is 0 Å². The van der Waals surface area contributed by atoms with Crippen molar-refractivity contribution in [1.82, 2.24) is 14.5 Å². The van der Waals surface area contributed by atoms with E-state index < -0.39 is 0 Å². The second-order valence-corrected chi connectivity index (χ2v) is 7.93. The van der Waals surface area contributed by atoms with Gasteiger partial charge >= 0.3 is 0 Å². The van der Waals surface area contributed by atoms with Gasteiger partial charge in [0, 0.05) is 32.0 Å². The molecule has 0 aliphatic carbocycles. The zero-order valence-electron chi connectivity index (χ0n) is 14.2. The fourth-order valence-corrected chi connectivity index (χ4v) is 4.16. The molecule has 0 spiro atoms. The molecule has 0 radical (unpaired) electrons. The van der Waals surface area contributed by atoms with Crippen LogP contribution in [-0.2, 0) is 11.8 Å². The monoisotopic (exact) mass is 381 g/mol. The van der Waals surface area contributed by atoms with E-state index in [9.17, 15) is 4.79 Å². The van der Waals surface area contributed by atoms with E-state index in [2.05, 4.69) is 4.90 Å². The summed E-state index contributed by atoms with van der Waals surface area (Å²) in [6.07, 6.45) is 2.16. The first-order chi connectivity index (χ1) is 12.0. The predicted octanol–water partition coefficient (Wildman–Crippen LogP) is 3.07. The van der Waals surface area contributed by atoms with Crippen LogP contribution < -0.4 is 5.56 Å². The van der Waals surface area contributed by atoms with E-state index in [0.29, 0.717) is 26.9 Å². The topological polar surface area (TPSA) is 47.4 Å². The van der Waals surface area contributed by atoms with Crippen LogP contribution in [0.3, 0.4) is 0 Å². The first-order valence-electron chi connectivity index (χ1n) is 8.68. The Morgan fingerprint density at radius 1 is 1.28 bits per heavy atom. The molecule has 0 bridgehead atoms. The lowest BCUT2D eigenvalue weighted by molar-refractivity contribution is -0.0492. The Bertz CT molecular complexity index is 864. The maximum Gasteiger partial charge on any atom is 0.261 e. The first-order valence-corrected chi connectivity index (χ1v) is 9.44. The number of ether oxygens (including phenoxy) is 1. The van der Waals surface area contributed by atoms with Gasteiger partial charge in [0.15, 0.2) is 0 Å². The van der Waals surface area contributed by atoms with Gasteiger partial charge in [-0.15, -0.1) is 0 Å². The summed E-state index contributed by atoms with van der Waals surface area (Å²) in [7, 11) is 1.80. The van der Waals surface area contributed by atoms with E-state index in [1.54, 1.807) is 23.7 Å². The molecule has 2 saturated heterocycles. The van der Waals surface area contributed by atoms with Crippen LogP contribution in [0.25, 0.3) is 10.9 Å². The Hall–Kier alpha value is -1.14. The maximum absolute atomic E-state index is 12.8. The molecule has 2 aliphatic rings. The zero-order valence-corrected chi connectivity index (χ0v) is 15.7. The van der Waals surface area contributed by atoms with E-state index in [1.807, 2.05) is 0 Å². The van der Waals surface area contributed by atoms with E-state index in [-0.39, 0.29) is 11.5 Å². The summed E-state index contributed by atoms with van der Waals surface area (Å²) in [6, 6.07) is 3.30. The molecular formula is C18H21Cl2N3O2. The van der Waals surface area contributed by atoms with E-state index >= 15 is 0 Å². The summed E-state index contributed by atoms with van der Waals surface area (Å²) in [6.45, 7) is 4.85. The van der Waals surface area contributed by atoms with Crippen molar-refractivity contribution in [3.63, 3.8) is 0 Å². The van der Waals surface area contributed by atoms with Crippen LogP contribution in [-0.4, -0.2) is 47.3 Å². The van der Waals surface area contributed by atoms with Crippen LogP contribution in [0.2, 0.25) is 10.0 Å². The van der Waals surface area contributed by atoms with Gasteiger partial charge in [0.25, 0.3) is 5.56 Å². The minimum absolute atomic E-state index is 0.0666. The van der Waals surface area contributed by atoms with Gasteiger partial charge < -0.3 is 9.64 Å². The molecule has 2 fully saturated rings. The summed E-state index contributed by atoms with van der Waals surface area (Å²) >= 11 is 12.2. The molecule has 5 nitrogen and oxygen atoms in total. The summed E-state index contributed by atoms with van der Waals surface area (Å²) < 4.78 is 6.96. The Labute approximate surface area is 156 Å². The highest BCUT2D eigenvalue weighted by Gasteiger charge is 2.28. The molecule has 0 N–H and O–H groups in total. The van der Waals surface area contributed by atoms with Crippen molar-refractivity contribution >= 4 is 34.1 Å². The Morgan fingerprint density at radius 3 is 2.76 bits per heavy atom. The molecule has 0 saturated carbocycles. The number of fused-ring (bicyclic) bond motifs is 1. The highest BCUT2D eigenvalue weighted by Crippen LogP contribution is 2.29. The number of piperidine rings is 1. The van der Waals surface area contributed by atoms with E-state index in [1.165, 1.54) is 0 Å². The molecule has 0 unspecified atom stereocenters. The summed E-state index contributed by atoms with van der Waals surface area (Å²) in [5.41, 5.74) is 0.556. The fourth-order valence-electron chi connectivity index (χ4n) is 3.84. The molecule has 3 heterocycles. The van der Waals surface area contributed by atoms with Crippen LogP contribution in [0.1, 0.15) is 24.6 Å². The van der Waals surface area contributed by atoms with E-state index in [0.717, 1.165) is 51.5 Å². The lowest BCUT2D eigenvalue weighted by Gasteiger charge is -2.37. The van der Waals surface area contributed by atoms with Crippen molar-refractivity contribution in [2.24, 2.45) is 13.0 Å². The predicted molar refractivity (Wildman–Crippen MR) is 99.7 cm³/mol. The van der Waals surface area contributed by atoms with Crippen molar-refractivity contribution in [1.29, 1.82) is 0 Å². The standard InChI is InChI=1S/C18H21Cl2N3O2/c1-22-17(12-3-2-4-23(8-12)7-11-9-25-10-11)21-16-6-15(20)14(19)5-13(16)18(22)24/h5-6,11-12H,2-4,7-10H2,1H3/t12-/m0/s1. The maximum atomic E-state index is 12.8. The zero-order chi connectivity index (χ0) is 17.6. The van der Waals surface area contributed by atoms with Gasteiger partial charge in [0.05, 0.1) is 34.2 Å². The van der Waals surface area contributed by atoms with Crippen molar-refractivity contribution in [3.05, 3.63) is 38.4 Å². The molecule has 25 heavy (non-hydrogen) atoms. The minimum Gasteiger partial charge on any atom is -0.381 e. The number of nitrogens with zero attached hydrogens (tertiary/aromatic N) is 3. The number of likely N-dealkylation sites (tertiary alicyclic amines) is 1. The molecule has 1 aromatic carbocycles. The molecular weight excluding hydrogens is 361 g/mol. The van der Waals surface area contributed by atoms with Crippen molar-refractivity contribution in [2.45, 2.75) is 18.8 Å². The van der Waals surface area contributed by atoms with Gasteiger partial charge in [0.1, 0.15) is 5.82 Å². The summed E-state index contributed by atoms with van der Waals surface area (Å²) in [5, 5.41) is 1.32. The second kappa shape index (κ2) is 6.88. The second-order valence-electron chi connectivity index (χ2n) is 7.12. The third-order valence-corrected chi connectivity index (χ3v) is 5.97. The minimum atomic E-state index is -0.0666. The number of benzene rings is 1. The van der Waals surface area contributed by atoms with Crippen molar-refractivity contribution < 1.29 is 4.74 Å². The fraction of sp³-hybridized carbons (Fsp3) is 0.556. The third-order valence-electron chi connectivity index (χ3n) is 5.25. The Morgan fingerprint density at radius 2 is 2.04 bits per heavy atom. The van der Waals surface area contributed by atoms with Gasteiger partial charge in [-0.3, -0.25) is 9.36 Å². The number of aromatic nitrogens is 2.